The van der Waals surface area contributed by atoms with Gasteiger partial charge in [0.05, 0.1) is 5.54 Å². The smallest absolute Gasteiger partial charge is 0.111 e. The maximum atomic E-state index is 11.9. The predicted molar refractivity (Wildman–Crippen MR) is 50.9 cm³/mol. The summed E-state index contributed by atoms with van der Waals surface area (Å²) in [6, 6.07) is 0. The molecule has 1 heterocycles. The third-order valence-electron chi connectivity index (χ3n) is 2.53. The van der Waals surface area contributed by atoms with Crippen LogP contribution in [0.15, 0.2) is 11.6 Å². The summed E-state index contributed by atoms with van der Waals surface area (Å²) in [5.41, 5.74) is 0.915. The van der Waals surface area contributed by atoms with Crippen molar-refractivity contribution in [2.45, 2.75) is 52.1 Å². The van der Waals surface area contributed by atoms with E-state index >= 15 is 0 Å². The van der Waals surface area contributed by atoms with E-state index in [4.69, 9.17) is 0 Å². The second-order valence-corrected chi connectivity index (χ2v) is 5.10. The summed E-state index contributed by atoms with van der Waals surface area (Å²) in [7, 11) is 0. The standard InChI is InChI=1S/C10H19NO/c1-8-6-9(2,3)11(12)10(4,5)7-8/h6,11H,7H2,1-5H3. The lowest BCUT2D eigenvalue weighted by atomic mass is 9.83. The lowest BCUT2D eigenvalue weighted by Gasteiger charge is -2.50. The van der Waals surface area contributed by atoms with Crippen molar-refractivity contribution in [1.29, 1.82) is 0 Å². The van der Waals surface area contributed by atoms with Gasteiger partial charge in [0.1, 0.15) is 5.54 Å². The van der Waals surface area contributed by atoms with Crippen LogP contribution in [0.1, 0.15) is 41.0 Å². The third-order valence-corrected chi connectivity index (χ3v) is 2.53. The first kappa shape index (κ1) is 9.75. The van der Waals surface area contributed by atoms with Crippen LogP contribution in [0.3, 0.4) is 0 Å². The molecule has 1 rings (SSSR count). The van der Waals surface area contributed by atoms with Crippen molar-refractivity contribution in [3.63, 3.8) is 0 Å². The minimum atomic E-state index is -0.258. The van der Waals surface area contributed by atoms with Crippen molar-refractivity contribution >= 4 is 0 Å². The SMILES string of the molecule is CC1=CC(C)(C)[NH+]([O-])C(C)(C)C1. The largest absolute Gasteiger partial charge is 0.633 e. The van der Waals surface area contributed by atoms with E-state index in [0.29, 0.717) is 5.06 Å². The van der Waals surface area contributed by atoms with Crippen molar-refractivity contribution < 1.29 is 5.06 Å². The number of quaternary nitrogens is 1. The van der Waals surface area contributed by atoms with Gasteiger partial charge in [-0.25, -0.2) is 0 Å². The molecule has 0 bridgehead atoms. The Labute approximate surface area is 74.8 Å². The molecule has 0 aromatic heterocycles. The molecule has 0 amide bonds. The van der Waals surface area contributed by atoms with Gasteiger partial charge in [0.2, 0.25) is 0 Å². The Kier molecular flexibility index (Phi) is 2.09. The molecule has 0 aromatic carbocycles. The normalized spacial score (nSPS) is 32.8. The monoisotopic (exact) mass is 169 g/mol. The minimum Gasteiger partial charge on any atom is -0.633 e. The van der Waals surface area contributed by atoms with Gasteiger partial charge in [-0.05, 0) is 40.7 Å². The quantitative estimate of drug-likeness (QED) is 0.429. The molecule has 1 aliphatic heterocycles. The molecule has 2 heteroatoms. The fourth-order valence-corrected chi connectivity index (χ4v) is 2.38. The molecule has 12 heavy (non-hydrogen) atoms. The van der Waals surface area contributed by atoms with Crippen molar-refractivity contribution in [2.75, 3.05) is 0 Å². The van der Waals surface area contributed by atoms with Crippen molar-refractivity contribution in [3.8, 4) is 0 Å². The molecule has 0 saturated heterocycles. The fourth-order valence-electron chi connectivity index (χ4n) is 2.38. The number of hydroxylamine groups is 2. The Hall–Kier alpha value is -0.340. The molecule has 1 unspecified atom stereocenters. The van der Waals surface area contributed by atoms with Gasteiger partial charge in [-0.2, -0.15) is 0 Å². The average molecular weight is 169 g/mol. The second kappa shape index (κ2) is 2.57. The molecule has 1 aliphatic rings. The molecule has 1 N–H and O–H groups in total. The van der Waals surface area contributed by atoms with Gasteiger partial charge in [-0.1, -0.05) is 5.57 Å². The summed E-state index contributed by atoms with van der Waals surface area (Å²) in [5, 5.41) is 12.2. The summed E-state index contributed by atoms with van der Waals surface area (Å²) >= 11 is 0. The van der Waals surface area contributed by atoms with Crippen molar-refractivity contribution in [3.05, 3.63) is 16.9 Å². The summed E-state index contributed by atoms with van der Waals surface area (Å²) in [6.07, 6.45) is 3.01. The summed E-state index contributed by atoms with van der Waals surface area (Å²) in [4.78, 5) is 0. The molecule has 1 atom stereocenters. The molecule has 0 fully saturated rings. The van der Waals surface area contributed by atoms with Gasteiger partial charge in [-0.15, -0.1) is 0 Å². The molecule has 70 valence electrons. The van der Waals surface area contributed by atoms with Crippen LogP contribution in [0.4, 0.5) is 0 Å². The molecule has 0 spiro atoms. The summed E-state index contributed by atoms with van der Waals surface area (Å²) in [5.74, 6) is 0. The van der Waals surface area contributed by atoms with Crippen molar-refractivity contribution in [1.82, 2.24) is 0 Å². The number of hydrogen-bond donors (Lipinski definition) is 1. The van der Waals surface area contributed by atoms with E-state index < -0.39 is 0 Å². The molecule has 0 aliphatic carbocycles. The highest BCUT2D eigenvalue weighted by Crippen LogP contribution is 2.21. The highest BCUT2D eigenvalue weighted by Gasteiger charge is 2.38. The first-order chi connectivity index (χ1) is 5.26. The first-order valence-corrected chi connectivity index (χ1v) is 4.49. The van der Waals surface area contributed by atoms with Gasteiger partial charge in [0.15, 0.2) is 0 Å². The molecule has 0 saturated carbocycles. The molecular formula is C10H19NO. The van der Waals surface area contributed by atoms with Gasteiger partial charge in [-0.3, -0.25) is 0 Å². The van der Waals surface area contributed by atoms with Crippen LogP contribution >= 0.6 is 0 Å². The third kappa shape index (κ3) is 1.54. The molecule has 0 radical (unpaired) electrons. The van der Waals surface area contributed by atoms with Gasteiger partial charge in [0, 0.05) is 6.42 Å². The summed E-state index contributed by atoms with van der Waals surface area (Å²) < 4.78 is 0. The topological polar surface area (TPSA) is 27.5 Å². The van der Waals surface area contributed by atoms with Crippen LogP contribution in [0.5, 0.6) is 0 Å². The fraction of sp³-hybridized carbons (Fsp3) is 0.800. The van der Waals surface area contributed by atoms with E-state index in [1.54, 1.807) is 0 Å². The maximum absolute atomic E-state index is 11.9. The van der Waals surface area contributed by atoms with Crippen LogP contribution in [-0.4, -0.2) is 11.1 Å². The van der Waals surface area contributed by atoms with Crippen LogP contribution < -0.4 is 5.06 Å². The Morgan fingerprint density at radius 3 is 2.25 bits per heavy atom. The van der Waals surface area contributed by atoms with Crippen LogP contribution in [0, 0.1) is 5.21 Å². The maximum Gasteiger partial charge on any atom is 0.111 e. The first-order valence-electron chi connectivity index (χ1n) is 4.49. The Bertz CT molecular complexity index is 216. The van der Waals surface area contributed by atoms with Gasteiger partial charge in [0.25, 0.3) is 0 Å². The van der Waals surface area contributed by atoms with Crippen LogP contribution in [0.25, 0.3) is 0 Å². The van der Waals surface area contributed by atoms with Crippen LogP contribution in [-0.2, 0) is 0 Å². The Morgan fingerprint density at radius 1 is 1.33 bits per heavy atom. The molecule has 2 nitrogen and oxygen atoms in total. The zero-order chi connectivity index (χ0) is 9.57. The zero-order valence-electron chi connectivity index (χ0n) is 8.69. The van der Waals surface area contributed by atoms with E-state index in [-0.39, 0.29) is 11.1 Å². The minimum absolute atomic E-state index is 0.164. The van der Waals surface area contributed by atoms with E-state index in [9.17, 15) is 5.21 Å². The number of rotatable bonds is 0. The average Bonchev–Trinajstić information content (AvgIpc) is 1.80. The summed E-state index contributed by atoms with van der Waals surface area (Å²) in [6.45, 7) is 10.2. The highest BCUT2D eigenvalue weighted by atomic mass is 16.5. The lowest BCUT2D eigenvalue weighted by Crippen LogP contribution is -3.22. The van der Waals surface area contributed by atoms with Crippen LogP contribution in [0.2, 0.25) is 0 Å². The lowest BCUT2D eigenvalue weighted by molar-refractivity contribution is -0.943. The highest BCUT2D eigenvalue weighted by molar-refractivity contribution is 5.12. The predicted octanol–water partition coefficient (Wildman–Crippen LogP) is 1.28. The Balaban J connectivity index is 3.02. The molecular weight excluding hydrogens is 150 g/mol. The molecule has 0 aromatic rings. The van der Waals surface area contributed by atoms with E-state index in [1.165, 1.54) is 5.57 Å². The zero-order valence-corrected chi connectivity index (χ0v) is 8.69. The number of nitrogens with one attached hydrogen (secondary N) is 1. The second-order valence-electron chi connectivity index (χ2n) is 5.10. The van der Waals surface area contributed by atoms with E-state index in [0.717, 1.165) is 6.42 Å². The van der Waals surface area contributed by atoms with Gasteiger partial charge >= 0.3 is 0 Å². The Morgan fingerprint density at radius 2 is 1.83 bits per heavy atom. The van der Waals surface area contributed by atoms with Gasteiger partial charge < -0.3 is 10.3 Å². The number of hydrogen-bond acceptors (Lipinski definition) is 1. The van der Waals surface area contributed by atoms with E-state index in [1.807, 2.05) is 27.7 Å². The van der Waals surface area contributed by atoms with E-state index in [2.05, 4.69) is 13.0 Å². The van der Waals surface area contributed by atoms with Crippen molar-refractivity contribution in [2.24, 2.45) is 0 Å².